The highest BCUT2D eigenvalue weighted by atomic mass is 19.1. The number of hydrogen-bond acceptors (Lipinski definition) is 5. The Bertz CT molecular complexity index is 1530. The van der Waals surface area contributed by atoms with Crippen molar-refractivity contribution in [3.63, 3.8) is 0 Å². The van der Waals surface area contributed by atoms with Crippen molar-refractivity contribution in [2.75, 3.05) is 13.2 Å². The highest BCUT2D eigenvalue weighted by molar-refractivity contribution is 5.94. The molecule has 1 aromatic carbocycles. The zero-order valence-corrected chi connectivity index (χ0v) is 26.0. The van der Waals surface area contributed by atoms with Crippen LogP contribution in [0.1, 0.15) is 80.9 Å². The van der Waals surface area contributed by atoms with Crippen molar-refractivity contribution in [3.05, 3.63) is 94.0 Å². The SMILES string of the molecule is CC/C(C)=C/C(=C\c1c(C)c2cnc(C(C)(C)O)cc2n1CC1CCOCC1)c1c(C)noc1C.Fc1ccccc1. The predicted octanol–water partition coefficient (Wildman–Crippen LogP) is 8.33. The third-order valence-corrected chi connectivity index (χ3v) is 7.97. The Balaban J connectivity index is 0.000000507. The first kappa shape index (κ1) is 31.4. The summed E-state index contributed by atoms with van der Waals surface area (Å²) in [5.74, 6) is 1.19. The number of pyridine rings is 1. The number of ether oxygens (including phenoxy) is 1. The monoisotopic (exact) mass is 573 g/mol. The first-order valence-electron chi connectivity index (χ1n) is 14.8. The van der Waals surface area contributed by atoms with Crippen LogP contribution in [0.5, 0.6) is 0 Å². The van der Waals surface area contributed by atoms with Crippen molar-refractivity contribution in [1.82, 2.24) is 14.7 Å². The minimum absolute atomic E-state index is 0.178. The Kier molecular flexibility index (Phi) is 10.2. The van der Waals surface area contributed by atoms with Crippen molar-refractivity contribution >= 4 is 22.6 Å². The number of allylic oxidation sites excluding steroid dienone is 3. The number of benzene rings is 1. The van der Waals surface area contributed by atoms with E-state index in [9.17, 15) is 9.50 Å². The van der Waals surface area contributed by atoms with Gasteiger partial charge in [-0.25, -0.2) is 4.39 Å². The van der Waals surface area contributed by atoms with Gasteiger partial charge in [-0.2, -0.15) is 0 Å². The zero-order valence-electron chi connectivity index (χ0n) is 26.0. The fourth-order valence-electron chi connectivity index (χ4n) is 5.34. The normalized spacial score (nSPS) is 15.2. The third-order valence-electron chi connectivity index (χ3n) is 7.97. The molecule has 0 spiro atoms. The maximum Gasteiger partial charge on any atom is 0.141 e. The first-order chi connectivity index (χ1) is 20.0. The molecule has 224 valence electrons. The molecule has 7 heteroatoms. The molecule has 0 saturated carbocycles. The summed E-state index contributed by atoms with van der Waals surface area (Å²) in [7, 11) is 0. The second-order valence-electron chi connectivity index (χ2n) is 11.8. The van der Waals surface area contributed by atoms with Gasteiger partial charge in [0.25, 0.3) is 0 Å². The summed E-state index contributed by atoms with van der Waals surface area (Å²) in [5, 5.41) is 16.0. The molecular weight excluding hydrogens is 529 g/mol. The molecule has 3 aromatic heterocycles. The van der Waals surface area contributed by atoms with Crippen LogP contribution < -0.4 is 0 Å². The summed E-state index contributed by atoms with van der Waals surface area (Å²) in [6, 6.07) is 10.00. The second-order valence-corrected chi connectivity index (χ2v) is 11.8. The molecule has 1 N–H and O–H groups in total. The van der Waals surface area contributed by atoms with Crippen LogP contribution in [-0.2, 0) is 16.9 Å². The van der Waals surface area contributed by atoms with Crippen LogP contribution in [0.15, 0.2) is 58.8 Å². The summed E-state index contributed by atoms with van der Waals surface area (Å²) in [4.78, 5) is 4.62. The smallest absolute Gasteiger partial charge is 0.141 e. The number of aromatic nitrogens is 3. The average Bonchev–Trinajstić information content (AvgIpc) is 3.43. The minimum atomic E-state index is -1.01. The number of halogens is 1. The first-order valence-corrected chi connectivity index (χ1v) is 14.8. The Morgan fingerprint density at radius 2 is 1.83 bits per heavy atom. The van der Waals surface area contributed by atoms with Gasteiger partial charge in [-0.15, -0.1) is 0 Å². The van der Waals surface area contributed by atoms with Crippen molar-refractivity contribution < 1.29 is 18.8 Å². The molecule has 5 rings (SSSR count). The van der Waals surface area contributed by atoms with Crippen LogP contribution in [0, 0.1) is 32.5 Å². The van der Waals surface area contributed by atoms with E-state index in [1.165, 1.54) is 23.3 Å². The fraction of sp³-hybridized carbons (Fsp3) is 0.429. The number of aryl methyl sites for hydroxylation is 3. The van der Waals surface area contributed by atoms with Gasteiger partial charge in [0.05, 0.1) is 16.9 Å². The lowest BCUT2D eigenvalue weighted by Gasteiger charge is -2.24. The van der Waals surface area contributed by atoms with Gasteiger partial charge in [0, 0.05) is 42.6 Å². The van der Waals surface area contributed by atoms with Gasteiger partial charge < -0.3 is 18.9 Å². The van der Waals surface area contributed by atoms with Gasteiger partial charge in [-0.05, 0) is 102 Å². The molecule has 0 amide bonds. The van der Waals surface area contributed by atoms with Crippen LogP contribution in [0.4, 0.5) is 4.39 Å². The van der Waals surface area contributed by atoms with Crippen LogP contribution in [-0.4, -0.2) is 33.0 Å². The molecule has 0 aliphatic carbocycles. The second kappa shape index (κ2) is 13.6. The Morgan fingerprint density at radius 3 is 2.38 bits per heavy atom. The van der Waals surface area contributed by atoms with Gasteiger partial charge in [0.2, 0.25) is 0 Å². The van der Waals surface area contributed by atoms with Gasteiger partial charge in [0.15, 0.2) is 0 Å². The number of aliphatic hydroxyl groups is 1. The lowest BCUT2D eigenvalue weighted by molar-refractivity contribution is 0.0615. The average molecular weight is 574 g/mol. The molecule has 42 heavy (non-hydrogen) atoms. The van der Waals surface area contributed by atoms with Crippen molar-refractivity contribution in [3.8, 4) is 0 Å². The van der Waals surface area contributed by atoms with Gasteiger partial charge in [-0.1, -0.05) is 41.9 Å². The molecule has 0 bridgehead atoms. The fourth-order valence-corrected chi connectivity index (χ4v) is 5.34. The quantitative estimate of drug-likeness (QED) is 0.225. The Morgan fingerprint density at radius 1 is 1.14 bits per heavy atom. The number of hydrogen-bond donors (Lipinski definition) is 1. The van der Waals surface area contributed by atoms with Crippen LogP contribution in [0.3, 0.4) is 0 Å². The summed E-state index contributed by atoms with van der Waals surface area (Å²) in [6.07, 6.45) is 9.53. The van der Waals surface area contributed by atoms with Gasteiger partial charge in [0.1, 0.15) is 17.2 Å². The molecular formula is C35H44FN3O3. The zero-order chi connectivity index (χ0) is 30.4. The molecule has 1 fully saturated rings. The van der Waals surface area contributed by atoms with E-state index < -0.39 is 5.60 Å². The molecule has 0 unspecified atom stereocenters. The van der Waals surface area contributed by atoms with Crippen LogP contribution in [0.2, 0.25) is 0 Å². The Hall–Kier alpha value is -3.55. The highest BCUT2D eigenvalue weighted by Gasteiger charge is 2.24. The lowest BCUT2D eigenvalue weighted by atomic mass is 9.98. The van der Waals surface area contributed by atoms with E-state index in [0.717, 1.165) is 78.2 Å². The molecule has 1 saturated heterocycles. The summed E-state index contributed by atoms with van der Waals surface area (Å²) >= 11 is 0. The molecule has 1 aliphatic rings. The van der Waals surface area contributed by atoms with Crippen molar-refractivity contribution in [2.24, 2.45) is 5.92 Å². The predicted molar refractivity (Wildman–Crippen MR) is 168 cm³/mol. The van der Waals surface area contributed by atoms with Gasteiger partial charge >= 0.3 is 0 Å². The van der Waals surface area contributed by atoms with Crippen LogP contribution in [0.25, 0.3) is 22.6 Å². The number of fused-ring (bicyclic) bond motifs is 1. The lowest BCUT2D eigenvalue weighted by Crippen LogP contribution is -2.21. The summed E-state index contributed by atoms with van der Waals surface area (Å²) in [5.41, 5.74) is 7.49. The van der Waals surface area contributed by atoms with Crippen molar-refractivity contribution in [2.45, 2.75) is 79.9 Å². The summed E-state index contributed by atoms with van der Waals surface area (Å²) in [6.45, 7) is 16.6. The number of nitrogens with zero attached hydrogens (tertiary/aromatic N) is 3. The maximum absolute atomic E-state index is 11.9. The van der Waals surface area contributed by atoms with E-state index in [-0.39, 0.29) is 5.82 Å². The Labute approximate surface area is 248 Å². The van der Waals surface area contributed by atoms with Gasteiger partial charge in [-0.3, -0.25) is 4.98 Å². The van der Waals surface area contributed by atoms with Crippen LogP contribution >= 0.6 is 0 Å². The largest absolute Gasteiger partial charge is 0.384 e. The molecule has 4 heterocycles. The van der Waals surface area contributed by atoms with Crippen molar-refractivity contribution in [1.29, 1.82) is 0 Å². The highest BCUT2D eigenvalue weighted by Crippen LogP contribution is 2.35. The summed E-state index contributed by atoms with van der Waals surface area (Å²) < 4.78 is 25.5. The molecule has 0 atom stereocenters. The van der Waals surface area contributed by atoms with E-state index in [2.05, 4.69) is 53.7 Å². The van der Waals surface area contributed by atoms with E-state index in [0.29, 0.717) is 11.6 Å². The van der Waals surface area contributed by atoms with E-state index >= 15 is 0 Å². The van der Waals surface area contributed by atoms with E-state index in [4.69, 9.17) is 9.26 Å². The topological polar surface area (TPSA) is 73.3 Å². The maximum atomic E-state index is 11.9. The molecule has 1 aliphatic heterocycles. The standard InChI is InChI=1S/C29H39N3O3.C6H5F/c1-8-18(2)13-23(28-20(4)31-35-21(28)5)14-25-19(3)24-16-30-27(29(6,7)33)15-26(24)32(25)17-22-9-11-34-12-10-22;7-6-4-2-1-3-5-6/h13-16,22,33H,8-12,17H2,1-7H3;1-5H/b18-13+,23-14+;. The van der Waals surface area contributed by atoms with E-state index in [1.54, 1.807) is 32.0 Å². The third kappa shape index (κ3) is 7.44. The minimum Gasteiger partial charge on any atom is -0.384 e. The molecule has 4 aromatic rings. The molecule has 6 nitrogen and oxygen atoms in total. The van der Waals surface area contributed by atoms with E-state index in [1.807, 2.05) is 20.0 Å². The molecule has 0 radical (unpaired) electrons. The number of rotatable bonds is 7.